The van der Waals surface area contributed by atoms with Gasteiger partial charge in [-0.15, -0.1) is 0 Å². The van der Waals surface area contributed by atoms with Crippen molar-refractivity contribution in [2.24, 2.45) is 0 Å². The number of anilines is 1. The molecule has 1 aromatic heterocycles. The van der Waals surface area contributed by atoms with Gasteiger partial charge in [-0.25, -0.2) is 14.8 Å². The Morgan fingerprint density at radius 1 is 1.24 bits per heavy atom. The second-order valence-corrected chi connectivity index (χ2v) is 4.15. The van der Waals surface area contributed by atoms with Gasteiger partial charge in [-0.1, -0.05) is 30.3 Å². The average Bonchev–Trinajstić information content (AvgIpc) is 2.48. The van der Waals surface area contributed by atoms with E-state index in [0.717, 1.165) is 5.56 Å². The van der Waals surface area contributed by atoms with E-state index < -0.39 is 12.1 Å². The minimum Gasteiger partial charge on any atom is -0.481 e. The van der Waals surface area contributed by atoms with Crippen LogP contribution in [0.4, 0.5) is 10.6 Å². The number of nitrogens with one attached hydrogen (secondary N) is 1. The number of carbonyl (C=O) groups excluding carboxylic acids is 1. The summed E-state index contributed by atoms with van der Waals surface area (Å²) in [7, 11) is 0. The van der Waals surface area contributed by atoms with Crippen LogP contribution < -0.4 is 5.32 Å². The van der Waals surface area contributed by atoms with Gasteiger partial charge < -0.3 is 9.84 Å². The van der Waals surface area contributed by atoms with Crippen molar-refractivity contribution < 1.29 is 19.4 Å². The maximum absolute atomic E-state index is 11.7. The van der Waals surface area contributed by atoms with Crippen molar-refractivity contribution in [3.8, 4) is 0 Å². The highest BCUT2D eigenvalue weighted by molar-refractivity contribution is 5.85. The van der Waals surface area contributed by atoms with Gasteiger partial charge in [0, 0.05) is 11.8 Å². The molecule has 0 atom stereocenters. The minimum absolute atomic E-state index is 0.117. The van der Waals surface area contributed by atoms with E-state index in [-0.39, 0.29) is 18.8 Å². The Morgan fingerprint density at radius 3 is 2.71 bits per heavy atom. The third-order valence-electron chi connectivity index (χ3n) is 2.56. The first-order valence-corrected chi connectivity index (χ1v) is 6.13. The number of hydrogen-bond donors (Lipinski definition) is 2. The summed E-state index contributed by atoms with van der Waals surface area (Å²) in [5, 5.41) is 11.2. The summed E-state index contributed by atoms with van der Waals surface area (Å²) >= 11 is 0. The Morgan fingerprint density at radius 2 is 2.00 bits per heavy atom. The SMILES string of the molecule is O=C(O)Cc1cncnc1NC(=O)OCc1ccccc1. The smallest absolute Gasteiger partial charge is 0.413 e. The van der Waals surface area contributed by atoms with Crippen LogP contribution in [0.3, 0.4) is 0 Å². The van der Waals surface area contributed by atoms with Gasteiger partial charge in [-0.2, -0.15) is 0 Å². The normalized spacial score (nSPS) is 9.90. The highest BCUT2D eigenvalue weighted by Crippen LogP contribution is 2.11. The molecule has 0 bridgehead atoms. The topological polar surface area (TPSA) is 101 Å². The molecular weight excluding hydrogens is 274 g/mol. The van der Waals surface area contributed by atoms with Gasteiger partial charge in [0.25, 0.3) is 0 Å². The van der Waals surface area contributed by atoms with Gasteiger partial charge in [-0.3, -0.25) is 10.1 Å². The van der Waals surface area contributed by atoms with Crippen molar-refractivity contribution in [2.75, 3.05) is 5.32 Å². The van der Waals surface area contributed by atoms with E-state index in [2.05, 4.69) is 15.3 Å². The number of nitrogens with zero attached hydrogens (tertiary/aromatic N) is 2. The lowest BCUT2D eigenvalue weighted by molar-refractivity contribution is -0.136. The monoisotopic (exact) mass is 287 g/mol. The molecule has 0 aliphatic carbocycles. The lowest BCUT2D eigenvalue weighted by Crippen LogP contribution is -2.17. The molecule has 0 saturated carbocycles. The molecule has 2 aromatic rings. The fourth-order valence-electron chi connectivity index (χ4n) is 1.62. The first kappa shape index (κ1) is 14.4. The Hall–Kier alpha value is -2.96. The zero-order valence-corrected chi connectivity index (χ0v) is 11.0. The number of carboxylic acid groups (broad SMARTS) is 1. The third-order valence-corrected chi connectivity index (χ3v) is 2.56. The van der Waals surface area contributed by atoms with Crippen molar-refractivity contribution in [1.82, 2.24) is 9.97 Å². The predicted octanol–water partition coefficient (Wildman–Crippen LogP) is 1.85. The van der Waals surface area contributed by atoms with E-state index in [4.69, 9.17) is 9.84 Å². The molecule has 0 aliphatic rings. The van der Waals surface area contributed by atoms with Crippen LogP contribution in [0.5, 0.6) is 0 Å². The molecule has 2 N–H and O–H groups in total. The maximum Gasteiger partial charge on any atom is 0.413 e. The molecule has 7 nitrogen and oxygen atoms in total. The highest BCUT2D eigenvalue weighted by Gasteiger charge is 2.12. The summed E-state index contributed by atoms with van der Waals surface area (Å²) in [4.78, 5) is 30.0. The van der Waals surface area contributed by atoms with Crippen LogP contribution >= 0.6 is 0 Å². The molecule has 0 spiro atoms. The molecule has 1 aromatic carbocycles. The number of carboxylic acids is 1. The molecule has 0 radical (unpaired) electrons. The van der Waals surface area contributed by atoms with E-state index in [1.807, 2.05) is 30.3 Å². The number of aliphatic carboxylic acids is 1. The number of aromatic nitrogens is 2. The summed E-state index contributed by atoms with van der Waals surface area (Å²) in [6.45, 7) is 0.117. The standard InChI is InChI=1S/C14H13N3O4/c18-12(19)6-11-7-15-9-16-13(11)17-14(20)21-8-10-4-2-1-3-5-10/h1-5,7,9H,6,8H2,(H,18,19)(H,15,16,17,20). The Bertz CT molecular complexity index is 631. The van der Waals surface area contributed by atoms with Crippen molar-refractivity contribution in [1.29, 1.82) is 0 Å². The zero-order chi connectivity index (χ0) is 15.1. The van der Waals surface area contributed by atoms with Crippen molar-refractivity contribution in [3.63, 3.8) is 0 Å². The fourth-order valence-corrected chi connectivity index (χ4v) is 1.62. The quantitative estimate of drug-likeness (QED) is 0.870. The number of amides is 1. The zero-order valence-electron chi connectivity index (χ0n) is 11.0. The summed E-state index contributed by atoms with van der Waals surface area (Å²) in [5.74, 6) is -0.907. The summed E-state index contributed by atoms with van der Waals surface area (Å²) in [6.07, 6.45) is 1.57. The molecule has 1 amide bonds. The summed E-state index contributed by atoms with van der Waals surface area (Å²) in [5.41, 5.74) is 1.16. The number of hydrogen-bond acceptors (Lipinski definition) is 5. The first-order chi connectivity index (χ1) is 10.1. The molecule has 108 valence electrons. The lowest BCUT2D eigenvalue weighted by atomic mass is 10.2. The van der Waals surface area contributed by atoms with Gasteiger partial charge in [0.2, 0.25) is 0 Å². The maximum atomic E-state index is 11.7. The molecule has 2 rings (SSSR count). The highest BCUT2D eigenvalue weighted by atomic mass is 16.5. The number of rotatable bonds is 5. The van der Waals surface area contributed by atoms with Gasteiger partial charge in [0.1, 0.15) is 18.8 Å². The van der Waals surface area contributed by atoms with E-state index >= 15 is 0 Å². The molecular formula is C14H13N3O4. The molecule has 0 aliphatic heterocycles. The van der Waals surface area contributed by atoms with Crippen LogP contribution in [0.25, 0.3) is 0 Å². The Balaban J connectivity index is 1.95. The second-order valence-electron chi connectivity index (χ2n) is 4.15. The van der Waals surface area contributed by atoms with Gasteiger partial charge in [-0.05, 0) is 5.56 Å². The second kappa shape index (κ2) is 6.99. The molecule has 0 fully saturated rings. The number of benzene rings is 1. The minimum atomic E-state index is -1.04. The van der Waals surface area contributed by atoms with Crippen molar-refractivity contribution >= 4 is 17.9 Å². The van der Waals surface area contributed by atoms with E-state index in [0.29, 0.717) is 5.56 Å². The Kier molecular flexibility index (Phi) is 4.81. The van der Waals surface area contributed by atoms with Crippen LogP contribution in [0, 0.1) is 0 Å². The van der Waals surface area contributed by atoms with E-state index in [1.54, 1.807) is 0 Å². The van der Waals surface area contributed by atoms with E-state index in [1.165, 1.54) is 12.5 Å². The third kappa shape index (κ3) is 4.57. The number of carbonyl (C=O) groups is 2. The predicted molar refractivity (Wildman–Crippen MR) is 73.6 cm³/mol. The summed E-state index contributed by atoms with van der Waals surface area (Å²) in [6, 6.07) is 9.20. The van der Waals surface area contributed by atoms with Crippen LogP contribution in [-0.4, -0.2) is 27.1 Å². The average molecular weight is 287 g/mol. The number of ether oxygens (including phenoxy) is 1. The fraction of sp³-hybridized carbons (Fsp3) is 0.143. The van der Waals surface area contributed by atoms with Crippen LogP contribution in [0.15, 0.2) is 42.9 Å². The Labute approximate surface area is 120 Å². The molecule has 7 heteroatoms. The molecule has 21 heavy (non-hydrogen) atoms. The van der Waals surface area contributed by atoms with Crippen LogP contribution in [0.1, 0.15) is 11.1 Å². The van der Waals surface area contributed by atoms with Crippen molar-refractivity contribution in [3.05, 3.63) is 54.0 Å². The van der Waals surface area contributed by atoms with E-state index in [9.17, 15) is 9.59 Å². The largest absolute Gasteiger partial charge is 0.481 e. The van der Waals surface area contributed by atoms with Crippen LogP contribution in [0.2, 0.25) is 0 Å². The van der Waals surface area contributed by atoms with Crippen LogP contribution in [-0.2, 0) is 22.6 Å². The molecule has 0 unspecified atom stereocenters. The molecule has 1 heterocycles. The summed E-state index contributed by atoms with van der Waals surface area (Å²) < 4.78 is 5.03. The van der Waals surface area contributed by atoms with Gasteiger partial charge in [0.15, 0.2) is 0 Å². The molecule has 0 saturated heterocycles. The van der Waals surface area contributed by atoms with Crippen molar-refractivity contribution in [2.45, 2.75) is 13.0 Å². The first-order valence-electron chi connectivity index (χ1n) is 6.13. The van der Waals surface area contributed by atoms with Gasteiger partial charge >= 0.3 is 12.1 Å². The lowest BCUT2D eigenvalue weighted by Gasteiger charge is -2.08. The van der Waals surface area contributed by atoms with Gasteiger partial charge in [0.05, 0.1) is 6.42 Å².